The molecule has 0 spiro atoms. The Morgan fingerprint density at radius 2 is 1.49 bits per heavy atom. The van der Waals surface area contributed by atoms with Gasteiger partial charge in [0.25, 0.3) is 5.91 Å². The normalized spacial score (nSPS) is 13.8. The SMILES string of the molecule is CC[C@H](C)[C@H](NC(=O)[C@H](CC(C)C)NC(=O)[C@H](CCCN=C(N)N)NC(=O)c1ccc(-c2cccc(C)c2)o1)C(=O)N[C@@H](Cc1ccccc1)C(=O)O. The fourth-order valence-electron chi connectivity index (χ4n) is 5.66. The minimum absolute atomic E-state index is 0.00524. The van der Waals surface area contributed by atoms with E-state index in [9.17, 15) is 29.1 Å². The van der Waals surface area contributed by atoms with Crippen molar-refractivity contribution in [2.45, 2.75) is 90.9 Å². The fraction of sp³-hybridized carbons (Fsp3) is 0.436. The molecule has 5 atom stereocenters. The van der Waals surface area contributed by atoms with E-state index in [-0.39, 0.29) is 49.4 Å². The van der Waals surface area contributed by atoms with Gasteiger partial charge in [-0.1, -0.05) is 88.2 Å². The van der Waals surface area contributed by atoms with Crippen LogP contribution in [-0.2, 0) is 25.6 Å². The second-order valence-electron chi connectivity index (χ2n) is 13.7. The second-order valence-corrected chi connectivity index (χ2v) is 13.7. The maximum atomic E-state index is 13.9. The van der Waals surface area contributed by atoms with Gasteiger partial charge in [-0.25, -0.2) is 4.79 Å². The maximum absolute atomic E-state index is 13.9. The molecule has 3 rings (SSSR count). The molecule has 0 radical (unpaired) electrons. The van der Waals surface area contributed by atoms with Crippen LogP contribution in [0.2, 0.25) is 0 Å². The number of benzene rings is 2. The summed E-state index contributed by atoms with van der Waals surface area (Å²) in [6, 6.07) is 15.2. The van der Waals surface area contributed by atoms with Gasteiger partial charge in [0.15, 0.2) is 11.7 Å². The van der Waals surface area contributed by atoms with Crippen molar-refractivity contribution in [3.63, 3.8) is 0 Å². The van der Waals surface area contributed by atoms with Crippen molar-refractivity contribution in [2.24, 2.45) is 28.3 Å². The number of nitrogens with two attached hydrogens (primary N) is 2. The van der Waals surface area contributed by atoms with E-state index in [1.165, 1.54) is 6.07 Å². The lowest BCUT2D eigenvalue weighted by Gasteiger charge is -2.29. The van der Waals surface area contributed by atoms with Gasteiger partial charge in [0.05, 0.1) is 0 Å². The number of aryl methyl sites for hydroxylation is 1. The van der Waals surface area contributed by atoms with Gasteiger partial charge in [-0.3, -0.25) is 24.2 Å². The van der Waals surface area contributed by atoms with Gasteiger partial charge in [0.2, 0.25) is 17.7 Å². The lowest BCUT2D eigenvalue weighted by atomic mass is 9.96. The monoisotopic (exact) mass is 731 g/mol. The summed E-state index contributed by atoms with van der Waals surface area (Å²) in [5, 5.41) is 20.7. The van der Waals surface area contributed by atoms with Crippen molar-refractivity contribution in [2.75, 3.05) is 6.54 Å². The van der Waals surface area contributed by atoms with Crippen molar-refractivity contribution in [3.8, 4) is 11.3 Å². The number of carbonyl (C=O) groups is 5. The lowest BCUT2D eigenvalue weighted by Crippen LogP contribution is -2.59. The van der Waals surface area contributed by atoms with Crippen LogP contribution in [0.5, 0.6) is 0 Å². The molecule has 0 aliphatic carbocycles. The predicted octanol–water partition coefficient (Wildman–Crippen LogP) is 3.28. The van der Waals surface area contributed by atoms with Crippen molar-refractivity contribution >= 4 is 35.6 Å². The first-order chi connectivity index (χ1) is 25.2. The van der Waals surface area contributed by atoms with Gasteiger partial charge in [-0.2, -0.15) is 0 Å². The molecule has 14 nitrogen and oxygen atoms in total. The van der Waals surface area contributed by atoms with Crippen LogP contribution in [0, 0.1) is 18.8 Å². The molecular formula is C39H53N7O7. The van der Waals surface area contributed by atoms with Gasteiger partial charge in [0.1, 0.15) is 29.9 Å². The zero-order chi connectivity index (χ0) is 39.1. The Labute approximate surface area is 310 Å². The van der Waals surface area contributed by atoms with E-state index < -0.39 is 53.8 Å². The lowest BCUT2D eigenvalue weighted by molar-refractivity contribution is -0.142. The van der Waals surface area contributed by atoms with E-state index in [0.29, 0.717) is 18.6 Å². The molecule has 0 fully saturated rings. The van der Waals surface area contributed by atoms with Crippen LogP contribution in [0.3, 0.4) is 0 Å². The maximum Gasteiger partial charge on any atom is 0.326 e. The first-order valence-electron chi connectivity index (χ1n) is 17.9. The molecule has 0 aliphatic rings. The van der Waals surface area contributed by atoms with Crippen molar-refractivity contribution < 1.29 is 33.5 Å². The number of furan rings is 1. The van der Waals surface area contributed by atoms with Crippen LogP contribution in [-0.4, -0.2) is 71.4 Å². The topological polar surface area (TPSA) is 231 Å². The summed E-state index contributed by atoms with van der Waals surface area (Å²) < 4.78 is 5.83. The molecule has 0 saturated heterocycles. The molecular weight excluding hydrogens is 678 g/mol. The van der Waals surface area contributed by atoms with E-state index in [1.54, 1.807) is 37.3 Å². The van der Waals surface area contributed by atoms with Gasteiger partial charge < -0.3 is 42.3 Å². The third kappa shape index (κ3) is 13.4. The van der Waals surface area contributed by atoms with Crippen LogP contribution >= 0.6 is 0 Å². The van der Waals surface area contributed by atoms with Gasteiger partial charge >= 0.3 is 5.97 Å². The fourth-order valence-corrected chi connectivity index (χ4v) is 5.66. The quantitative estimate of drug-likeness (QED) is 0.0513. The second kappa shape index (κ2) is 20.4. The third-order valence-corrected chi connectivity index (χ3v) is 8.73. The van der Waals surface area contributed by atoms with E-state index in [4.69, 9.17) is 15.9 Å². The van der Waals surface area contributed by atoms with E-state index >= 15 is 0 Å². The Bertz CT molecular complexity index is 1720. The highest BCUT2D eigenvalue weighted by Gasteiger charge is 2.34. The van der Waals surface area contributed by atoms with Crippen LogP contribution < -0.4 is 32.7 Å². The highest BCUT2D eigenvalue weighted by atomic mass is 16.4. The number of hydrogen-bond donors (Lipinski definition) is 7. The molecule has 1 aromatic heterocycles. The molecule has 2 aromatic carbocycles. The molecule has 0 unspecified atom stereocenters. The summed E-state index contributed by atoms with van der Waals surface area (Å²) in [5.74, 6) is -3.82. The summed E-state index contributed by atoms with van der Waals surface area (Å²) in [7, 11) is 0. The van der Waals surface area contributed by atoms with Gasteiger partial charge in [-0.05, 0) is 61.8 Å². The molecule has 286 valence electrons. The average molecular weight is 732 g/mol. The molecule has 0 bridgehead atoms. The number of carboxylic acid groups (broad SMARTS) is 1. The third-order valence-electron chi connectivity index (χ3n) is 8.73. The minimum Gasteiger partial charge on any atom is -0.480 e. The first-order valence-corrected chi connectivity index (χ1v) is 17.9. The zero-order valence-electron chi connectivity index (χ0n) is 31.1. The van der Waals surface area contributed by atoms with Gasteiger partial charge in [-0.15, -0.1) is 0 Å². The predicted molar refractivity (Wildman–Crippen MR) is 203 cm³/mol. The minimum atomic E-state index is -1.23. The number of carbonyl (C=O) groups excluding carboxylic acids is 4. The average Bonchev–Trinajstić information content (AvgIpc) is 3.61. The van der Waals surface area contributed by atoms with Crippen molar-refractivity contribution in [3.05, 3.63) is 83.6 Å². The standard InChI is InChI=1S/C39H53N7O7/c1-6-25(5)33(37(50)45-30(38(51)52)22-26-13-8-7-9-14-26)46-35(48)29(20-23(2)3)44-34(47)28(16-11-19-42-39(40)41)43-36(49)32-18-17-31(53-32)27-15-10-12-24(4)21-27/h7-10,12-15,17-18,21,23,25,28-30,33H,6,11,16,19-20,22H2,1-5H3,(H,43,49)(H,44,47)(H,45,50)(H,46,48)(H,51,52)(H4,40,41,42)/t25-,28-,29-,30-,33-/m0/s1. The molecule has 3 aromatic rings. The number of hydrogen-bond acceptors (Lipinski definition) is 7. The zero-order valence-corrected chi connectivity index (χ0v) is 31.1. The smallest absolute Gasteiger partial charge is 0.326 e. The Morgan fingerprint density at radius 1 is 0.811 bits per heavy atom. The molecule has 0 aliphatic heterocycles. The number of guanidine groups is 1. The van der Waals surface area contributed by atoms with Crippen molar-refractivity contribution in [1.29, 1.82) is 0 Å². The highest BCUT2D eigenvalue weighted by Crippen LogP contribution is 2.23. The molecule has 1 heterocycles. The Morgan fingerprint density at radius 3 is 2.11 bits per heavy atom. The first kappa shape index (κ1) is 41.8. The summed E-state index contributed by atoms with van der Waals surface area (Å²) in [6.07, 6.45) is 1.22. The summed E-state index contributed by atoms with van der Waals surface area (Å²) in [5.41, 5.74) is 13.5. The van der Waals surface area contributed by atoms with Crippen LogP contribution in [0.1, 0.15) is 75.1 Å². The van der Waals surface area contributed by atoms with Crippen LogP contribution in [0.25, 0.3) is 11.3 Å². The number of nitrogens with zero attached hydrogens (tertiary/aromatic N) is 1. The number of carboxylic acids is 1. The highest BCUT2D eigenvalue weighted by molar-refractivity contribution is 5.98. The van der Waals surface area contributed by atoms with E-state index in [1.807, 2.05) is 58.0 Å². The molecule has 53 heavy (non-hydrogen) atoms. The summed E-state index contributed by atoms with van der Waals surface area (Å²) in [6.45, 7) is 9.52. The Kier molecular flexibility index (Phi) is 16.1. The summed E-state index contributed by atoms with van der Waals surface area (Å²) in [4.78, 5) is 70.7. The molecule has 9 N–H and O–H groups in total. The molecule has 0 saturated carbocycles. The number of aliphatic imine (C=N–C) groups is 1. The summed E-state index contributed by atoms with van der Waals surface area (Å²) >= 11 is 0. The van der Waals surface area contributed by atoms with Gasteiger partial charge in [0, 0.05) is 18.5 Å². The van der Waals surface area contributed by atoms with Crippen LogP contribution in [0.4, 0.5) is 0 Å². The number of rotatable bonds is 20. The Hall–Kier alpha value is -5.66. The molecule has 14 heteroatoms. The number of aliphatic carboxylic acids is 1. The molecule has 4 amide bonds. The van der Waals surface area contributed by atoms with E-state index in [0.717, 1.165) is 16.7 Å². The number of amides is 4. The van der Waals surface area contributed by atoms with Crippen LogP contribution in [0.15, 0.2) is 76.1 Å². The Balaban J connectivity index is 1.79. The van der Waals surface area contributed by atoms with Crippen molar-refractivity contribution in [1.82, 2.24) is 21.3 Å². The largest absolute Gasteiger partial charge is 0.480 e. The van der Waals surface area contributed by atoms with E-state index in [2.05, 4.69) is 26.3 Å². The number of nitrogens with one attached hydrogen (secondary N) is 4.